The molecule has 0 spiro atoms. The Kier molecular flexibility index (Phi) is 6.68. The normalized spacial score (nSPS) is 10.4. The molecule has 29 heavy (non-hydrogen) atoms. The molecule has 0 fully saturated rings. The number of para-hydroxylation sites is 1. The summed E-state index contributed by atoms with van der Waals surface area (Å²) in [6.45, 7) is 2.79. The lowest BCUT2D eigenvalue weighted by Crippen LogP contribution is -2.31. The maximum Gasteiger partial charge on any atom is 0.259 e. The van der Waals surface area contributed by atoms with Crippen molar-refractivity contribution in [3.8, 4) is 0 Å². The minimum atomic E-state index is -0.308. The average molecular weight is 391 g/mol. The zero-order valence-electron chi connectivity index (χ0n) is 16.1. The van der Waals surface area contributed by atoms with Crippen LogP contribution in [-0.2, 0) is 6.42 Å². The lowest BCUT2D eigenvalue weighted by Gasteiger charge is -2.21. The maximum absolute atomic E-state index is 12.9. The van der Waals surface area contributed by atoms with Gasteiger partial charge in [0.15, 0.2) is 0 Å². The van der Waals surface area contributed by atoms with Gasteiger partial charge < -0.3 is 10.2 Å². The number of carbonyl (C=O) groups excluding carboxylic acids is 2. The van der Waals surface area contributed by atoms with Gasteiger partial charge in [-0.3, -0.25) is 14.6 Å². The third-order valence-corrected chi connectivity index (χ3v) is 4.49. The highest BCUT2D eigenvalue weighted by molar-refractivity contribution is 6.07. The number of nitrogens with zero attached hydrogens (tertiary/aromatic N) is 2. The van der Waals surface area contributed by atoms with Crippen LogP contribution in [-0.4, -0.2) is 29.9 Å². The summed E-state index contributed by atoms with van der Waals surface area (Å²) in [5.41, 5.74) is 2.38. The molecule has 0 aliphatic carbocycles. The summed E-state index contributed by atoms with van der Waals surface area (Å²) in [5.74, 6) is -0.814. The lowest BCUT2D eigenvalue weighted by atomic mass is 10.1. The van der Waals surface area contributed by atoms with Crippen LogP contribution in [0.5, 0.6) is 0 Å². The van der Waals surface area contributed by atoms with Crippen molar-refractivity contribution in [2.75, 3.05) is 18.0 Å². The number of benzene rings is 2. The zero-order valence-corrected chi connectivity index (χ0v) is 16.1. The fourth-order valence-corrected chi connectivity index (χ4v) is 2.96. The van der Waals surface area contributed by atoms with Crippen molar-refractivity contribution < 1.29 is 14.0 Å². The fraction of sp³-hybridized carbons (Fsp3) is 0.174. The summed E-state index contributed by atoms with van der Waals surface area (Å²) in [5, 5.41) is 2.81. The Labute approximate surface area is 169 Å². The van der Waals surface area contributed by atoms with Crippen molar-refractivity contribution >= 4 is 17.5 Å². The van der Waals surface area contributed by atoms with E-state index in [-0.39, 0.29) is 17.6 Å². The second kappa shape index (κ2) is 9.59. The molecule has 1 aromatic heterocycles. The second-order valence-electron chi connectivity index (χ2n) is 6.48. The minimum absolute atomic E-state index is 0.216. The summed E-state index contributed by atoms with van der Waals surface area (Å²) in [4.78, 5) is 31.0. The number of carbonyl (C=O) groups is 2. The summed E-state index contributed by atoms with van der Waals surface area (Å²) in [7, 11) is 0. The number of anilines is 1. The minimum Gasteiger partial charge on any atom is -0.352 e. The van der Waals surface area contributed by atoms with E-state index >= 15 is 0 Å². The molecule has 0 bridgehead atoms. The molecule has 2 amide bonds. The van der Waals surface area contributed by atoms with Gasteiger partial charge in [-0.1, -0.05) is 30.3 Å². The molecule has 0 atom stereocenters. The molecular formula is C23H22FN3O2. The predicted octanol–water partition coefficient (Wildman–Crippen LogP) is 3.86. The van der Waals surface area contributed by atoms with Crippen molar-refractivity contribution in [1.82, 2.24) is 10.3 Å². The molecule has 2 aromatic carbocycles. The zero-order chi connectivity index (χ0) is 20.6. The Bertz CT molecular complexity index is 975. The Hall–Kier alpha value is -3.54. The summed E-state index contributed by atoms with van der Waals surface area (Å²) in [6.07, 6.45) is 3.47. The van der Waals surface area contributed by atoms with E-state index in [0.29, 0.717) is 30.6 Å². The van der Waals surface area contributed by atoms with E-state index in [2.05, 4.69) is 10.3 Å². The first-order valence-electron chi connectivity index (χ1n) is 9.43. The molecule has 1 N–H and O–H groups in total. The molecule has 148 valence electrons. The Morgan fingerprint density at radius 1 is 1.00 bits per heavy atom. The third-order valence-electron chi connectivity index (χ3n) is 4.49. The van der Waals surface area contributed by atoms with Crippen LogP contribution in [0.25, 0.3) is 0 Å². The molecule has 0 unspecified atom stereocenters. The van der Waals surface area contributed by atoms with Gasteiger partial charge in [0.1, 0.15) is 5.82 Å². The van der Waals surface area contributed by atoms with Gasteiger partial charge in [0.25, 0.3) is 11.8 Å². The average Bonchev–Trinajstić information content (AvgIpc) is 2.76. The van der Waals surface area contributed by atoms with Gasteiger partial charge in [0, 0.05) is 31.2 Å². The lowest BCUT2D eigenvalue weighted by molar-refractivity contribution is 0.0953. The Morgan fingerprint density at radius 3 is 2.38 bits per heavy atom. The van der Waals surface area contributed by atoms with Crippen LogP contribution in [0.15, 0.2) is 73.1 Å². The highest BCUT2D eigenvalue weighted by Gasteiger charge is 2.18. The number of pyridine rings is 1. The van der Waals surface area contributed by atoms with Gasteiger partial charge in [0.2, 0.25) is 0 Å². The van der Waals surface area contributed by atoms with Gasteiger partial charge >= 0.3 is 0 Å². The van der Waals surface area contributed by atoms with Crippen molar-refractivity contribution in [2.24, 2.45) is 0 Å². The molecule has 0 aliphatic heterocycles. The van der Waals surface area contributed by atoms with E-state index in [0.717, 1.165) is 11.3 Å². The van der Waals surface area contributed by atoms with E-state index in [1.54, 1.807) is 23.1 Å². The number of amides is 2. The number of hydrogen-bond donors (Lipinski definition) is 1. The first kappa shape index (κ1) is 20.2. The monoisotopic (exact) mass is 391 g/mol. The molecule has 5 nitrogen and oxygen atoms in total. The topological polar surface area (TPSA) is 62.3 Å². The predicted molar refractivity (Wildman–Crippen MR) is 110 cm³/mol. The molecule has 3 aromatic rings. The highest BCUT2D eigenvalue weighted by atomic mass is 19.1. The first-order chi connectivity index (χ1) is 14.1. The van der Waals surface area contributed by atoms with Crippen molar-refractivity contribution in [3.05, 3.63) is 95.6 Å². The molecule has 0 radical (unpaired) electrons. The number of hydrogen-bond acceptors (Lipinski definition) is 3. The number of rotatable bonds is 7. The van der Waals surface area contributed by atoms with Crippen LogP contribution in [0.4, 0.5) is 10.1 Å². The van der Waals surface area contributed by atoms with Gasteiger partial charge in [-0.15, -0.1) is 0 Å². The smallest absolute Gasteiger partial charge is 0.259 e. The van der Waals surface area contributed by atoms with Crippen LogP contribution in [0.3, 0.4) is 0 Å². The summed E-state index contributed by atoms with van der Waals surface area (Å²) < 4.78 is 12.9. The van der Waals surface area contributed by atoms with E-state index in [1.807, 2.05) is 37.3 Å². The number of nitrogens with one attached hydrogen (secondary N) is 1. The largest absolute Gasteiger partial charge is 0.352 e. The molecular weight excluding hydrogens is 369 g/mol. The fourth-order valence-electron chi connectivity index (χ4n) is 2.96. The quantitative estimate of drug-likeness (QED) is 0.665. The number of halogens is 1. The molecule has 0 saturated carbocycles. The van der Waals surface area contributed by atoms with Gasteiger partial charge in [-0.2, -0.15) is 0 Å². The molecule has 0 aliphatic rings. The molecule has 0 saturated heterocycles. The molecule has 6 heteroatoms. The van der Waals surface area contributed by atoms with E-state index in [1.165, 1.54) is 24.5 Å². The standard InChI is InChI=1S/C23H22FN3O2/c1-2-27(21-6-4-3-5-7-21)23(29)19-14-18(15-25-16-19)22(28)26-13-12-17-8-10-20(24)11-9-17/h3-11,14-16H,2,12-13H2,1H3,(H,26,28). The highest BCUT2D eigenvalue weighted by Crippen LogP contribution is 2.17. The van der Waals surface area contributed by atoms with Crippen molar-refractivity contribution in [3.63, 3.8) is 0 Å². The molecule has 3 rings (SSSR count). The van der Waals surface area contributed by atoms with Crippen molar-refractivity contribution in [1.29, 1.82) is 0 Å². The SMILES string of the molecule is CCN(C(=O)c1cncc(C(=O)NCCc2ccc(F)cc2)c1)c1ccccc1. The van der Waals surface area contributed by atoms with Crippen LogP contribution >= 0.6 is 0 Å². The van der Waals surface area contributed by atoms with Crippen LogP contribution in [0.1, 0.15) is 33.2 Å². The van der Waals surface area contributed by atoms with E-state index in [9.17, 15) is 14.0 Å². The molecule has 1 heterocycles. The Balaban J connectivity index is 1.65. The first-order valence-corrected chi connectivity index (χ1v) is 9.43. The van der Waals surface area contributed by atoms with Gasteiger partial charge in [0.05, 0.1) is 11.1 Å². The Morgan fingerprint density at radius 2 is 1.69 bits per heavy atom. The van der Waals surface area contributed by atoms with Crippen LogP contribution in [0.2, 0.25) is 0 Å². The van der Waals surface area contributed by atoms with Gasteiger partial charge in [-0.05, 0) is 49.2 Å². The summed E-state index contributed by atoms with van der Waals surface area (Å²) >= 11 is 0. The van der Waals surface area contributed by atoms with Gasteiger partial charge in [-0.25, -0.2) is 4.39 Å². The second-order valence-corrected chi connectivity index (χ2v) is 6.48. The number of aromatic nitrogens is 1. The van der Waals surface area contributed by atoms with E-state index < -0.39 is 0 Å². The maximum atomic E-state index is 12.9. The summed E-state index contributed by atoms with van der Waals surface area (Å²) in [6, 6.07) is 17.1. The van der Waals surface area contributed by atoms with Crippen molar-refractivity contribution in [2.45, 2.75) is 13.3 Å². The van der Waals surface area contributed by atoms with E-state index in [4.69, 9.17) is 0 Å². The van der Waals surface area contributed by atoms with Crippen LogP contribution in [0, 0.1) is 5.82 Å². The van der Waals surface area contributed by atoms with Crippen LogP contribution < -0.4 is 10.2 Å². The third kappa shape index (κ3) is 5.25.